The molecule has 3 nitrogen and oxygen atoms in total. The second-order valence-corrected chi connectivity index (χ2v) is 2.83. The summed E-state index contributed by atoms with van der Waals surface area (Å²) in [5, 5.41) is 0. The maximum atomic E-state index is 11.3. The molecular weight excluding hydrogens is 154 g/mol. The van der Waals surface area contributed by atoms with E-state index in [1.165, 1.54) is 7.11 Å². The number of hydrogen-bond acceptors (Lipinski definition) is 2. The molecule has 3 heteroatoms. The molecule has 0 aliphatic rings. The maximum absolute atomic E-state index is 11.3. The van der Waals surface area contributed by atoms with Crippen LogP contribution in [0.1, 0.15) is 11.4 Å². The van der Waals surface area contributed by atoms with Crippen LogP contribution in [-0.4, -0.2) is 11.7 Å². The first kappa shape index (κ1) is 8.84. The van der Waals surface area contributed by atoms with Gasteiger partial charge in [-0.25, -0.2) is 0 Å². The van der Waals surface area contributed by atoms with Crippen molar-refractivity contribution < 1.29 is 4.74 Å². The molecule has 12 heavy (non-hydrogen) atoms. The molecule has 0 bridgehead atoms. The molecule has 0 saturated carbocycles. The zero-order valence-electron chi connectivity index (χ0n) is 7.84. The van der Waals surface area contributed by atoms with Crippen molar-refractivity contribution in [1.29, 1.82) is 0 Å². The van der Waals surface area contributed by atoms with Crippen LogP contribution in [0.25, 0.3) is 0 Å². The van der Waals surface area contributed by atoms with Crippen molar-refractivity contribution in [3.05, 3.63) is 27.7 Å². The van der Waals surface area contributed by atoms with E-state index in [0.29, 0.717) is 5.75 Å². The molecule has 1 heterocycles. The Labute approximate surface area is 71.6 Å². The van der Waals surface area contributed by atoms with Crippen LogP contribution in [0.2, 0.25) is 0 Å². The monoisotopic (exact) mass is 167 g/mol. The van der Waals surface area contributed by atoms with Gasteiger partial charge in [0.1, 0.15) is 0 Å². The van der Waals surface area contributed by atoms with Crippen molar-refractivity contribution in [2.45, 2.75) is 13.8 Å². The van der Waals surface area contributed by atoms with Gasteiger partial charge in [-0.1, -0.05) is 0 Å². The summed E-state index contributed by atoms with van der Waals surface area (Å²) >= 11 is 0. The van der Waals surface area contributed by atoms with Crippen LogP contribution in [0.15, 0.2) is 10.9 Å². The van der Waals surface area contributed by atoms with E-state index in [9.17, 15) is 4.79 Å². The van der Waals surface area contributed by atoms with Crippen molar-refractivity contribution >= 4 is 0 Å². The van der Waals surface area contributed by atoms with E-state index in [1.807, 2.05) is 25.5 Å². The average molecular weight is 167 g/mol. The lowest BCUT2D eigenvalue weighted by atomic mass is 10.3. The predicted molar refractivity (Wildman–Crippen MR) is 47.7 cm³/mol. The highest BCUT2D eigenvalue weighted by atomic mass is 16.5. The Morgan fingerprint density at radius 3 is 2.50 bits per heavy atom. The molecular formula is C9H13NO2. The molecule has 66 valence electrons. The van der Waals surface area contributed by atoms with Crippen molar-refractivity contribution in [2.75, 3.05) is 7.11 Å². The summed E-state index contributed by atoms with van der Waals surface area (Å²) in [4.78, 5) is 11.3. The van der Waals surface area contributed by atoms with E-state index in [-0.39, 0.29) is 5.43 Å². The molecule has 0 amide bonds. The molecule has 0 aliphatic carbocycles. The Morgan fingerprint density at radius 2 is 2.00 bits per heavy atom. The summed E-state index contributed by atoms with van der Waals surface area (Å²) in [5.74, 6) is 0.433. The number of pyridine rings is 1. The number of aryl methyl sites for hydroxylation is 1. The largest absolute Gasteiger partial charge is 0.491 e. The zero-order chi connectivity index (χ0) is 9.30. The smallest absolute Gasteiger partial charge is 0.223 e. The summed E-state index contributed by atoms with van der Waals surface area (Å²) in [7, 11) is 3.42. The van der Waals surface area contributed by atoms with Crippen LogP contribution in [0.3, 0.4) is 0 Å². The first-order valence-corrected chi connectivity index (χ1v) is 3.79. The maximum Gasteiger partial charge on any atom is 0.223 e. The quantitative estimate of drug-likeness (QED) is 0.625. The standard InChI is InChI=1S/C9H13NO2/c1-6-5-8(11)9(12-4)7(2)10(6)3/h5H,1-4H3. The van der Waals surface area contributed by atoms with Gasteiger partial charge in [0.25, 0.3) is 0 Å². The predicted octanol–water partition coefficient (Wildman–Crippen LogP) is 1.01. The molecule has 0 aromatic carbocycles. The molecule has 0 N–H and O–H groups in total. The molecule has 1 aromatic heterocycles. The Balaban J connectivity index is 3.52. The van der Waals surface area contributed by atoms with Crippen molar-refractivity contribution in [3.63, 3.8) is 0 Å². The first-order valence-electron chi connectivity index (χ1n) is 3.79. The third-order valence-electron chi connectivity index (χ3n) is 2.13. The lowest BCUT2D eigenvalue weighted by Gasteiger charge is -2.11. The van der Waals surface area contributed by atoms with Crippen LogP contribution >= 0.6 is 0 Å². The minimum Gasteiger partial charge on any atom is -0.491 e. The van der Waals surface area contributed by atoms with E-state index in [0.717, 1.165) is 11.4 Å². The number of nitrogens with zero attached hydrogens (tertiary/aromatic N) is 1. The number of ether oxygens (including phenoxy) is 1. The van der Waals surface area contributed by atoms with Gasteiger partial charge >= 0.3 is 0 Å². The fraction of sp³-hybridized carbons (Fsp3) is 0.444. The lowest BCUT2D eigenvalue weighted by molar-refractivity contribution is 0.401. The van der Waals surface area contributed by atoms with Crippen molar-refractivity contribution in [2.24, 2.45) is 7.05 Å². The third-order valence-corrected chi connectivity index (χ3v) is 2.13. The summed E-state index contributed by atoms with van der Waals surface area (Å²) in [6, 6.07) is 1.58. The first-order chi connectivity index (χ1) is 5.57. The molecule has 1 rings (SSSR count). The molecule has 0 aliphatic heterocycles. The molecule has 0 radical (unpaired) electrons. The van der Waals surface area contributed by atoms with Crippen molar-refractivity contribution in [1.82, 2.24) is 4.57 Å². The third kappa shape index (κ3) is 1.22. The van der Waals surface area contributed by atoms with E-state index in [1.54, 1.807) is 6.07 Å². The Hall–Kier alpha value is -1.25. The number of hydrogen-bond donors (Lipinski definition) is 0. The highest BCUT2D eigenvalue weighted by Crippen LogP contribution is 2.11. The van der Waals surface area contributed by atoms with Gasteiger partial charge in [-0.2, -0.15) is 0 Å². The van der Waals surface area contributed by atoms with Gasteiger partial charge in [0, 0.05) is 18.8 Å². The minimum absolute atomic E-state index is 0.0504. The fourth-order valence-electron chi connectivity index (χ4n) is 1.20. The van der Waals surface area contributed by atoms with E-state index < -0.39 is 0 Å². The summed E-state index contributed by atoms with van der Waals surface area (Å²) in [6.45, 7) is 3.76. The van der Waals surface area contributed by atoms with Gasteiger partial charge in [0.15, 0.2) is 5.75 Å². The SMILES string of the molecule is COc1c(C)n(C)c(C)cc1=O. The topological polar surface area (TPSA) is 31.2 Å². The van der Waals surface area contributed by atoms with Gasteiger partial charge in [-0.05, 0) is 13.8 Å². The summed E-state index contributed by atoms with van der Waals surface area (Å²) < 4.78 is 6.91. The van der Waals surface area contributed by atoms with Gasteiger partial charge < -0.3 is 9.30 Å². The molecule has 0 saturated heterocycles. The van der Waals surface area contributed by atoms with E-state index in [4.69, 9.17) is 4.74 Å². The number of aromatic nitrogens is 1. The van der Waals surface area contributed by atoms with Crippen molar-refractivity contribution in [3.8, 4) is 5.75 Å². The molecule has 0 spiro atoms. The Kier molecular flexibility index (Phi) is 2.22. The highest BCUT2D eigenvalue weighted by Gasteiger charge is 2.06. The molecule has 0 unspecified atom stereocenters. The molecule has 0 atom stereocenters. The van der Waals surface area contributed by atoms with Crippen LogP contribution < -0.4 is 10.2 Å². The normalized spacial score (nSPS) is 10.0. The average Bonchev–Trinajstić information content (AvgIpc) is 2.01. The fourth-order valence-corrected chi connectivity index (χ4v) is 1.20. The van der Waals surface area contributed by atoms with Crippen LogP contribution in [-0.2, 0) is 7.05 Å². The second kappa shape index (κ2) is 3.01. The van der Waals surface area contributed by atoms with Crippen LogP contribution in [0.5, 0.6) is 5.75 Å². The van der Waals surface area contributed by atoms with E-state index >= 15 is 0 Å². The zero-order valence-corrected chi connectivity index (χ0v) is 7.84. The Bertz CT molecular complexity index is 352. The van der Waals surface area contributed by atoms with E-state index in [2.05, 4.69) is 0 Å². The molecule has 0 fully saturated rings. The second-order valence-electron chi connectivity index (χ2n) is 2.83. The van der Waals surface area contributed by atoms with Crippen LogP contribution in [0.4, 0.5) is 0 Å². The Morgan fingerprint density at radius 1 is 1.42 bits per heavy atom. The van der Waals surface area contributed by atoms with Crippen LogP contribution in [0, 0.1) is 13.8 Å². The lowest BCUT2D eigenvalue weighted by Crippen LogP contribution is -2.13. The highest BCUT2D eigenvalue weighted by molar-refractivity contribution is 5.29. The number of methoxy groups -OCH3 is 1. The van der Waals surface area contributed by atoms with Gasteiger partial charge in [-0.15, -0.1) is 0 Å². The summed E-state index contributed by atoms with van der Waals surface area (Å²) in [5.41, 5.74) is 1.76. The minimum atomic E-state index is -0.0504. The number of rotatable bonds is 1. The van der Waals surface area contributed by atoms with Gasteiger partial charge in [-0.3, -0.25) is 4.79 Å². The molecule has 1 aromatic rings. The summed E-state index contributed by atoms with van der Waals surface area (Å²) in [6.07, 6.45) is 0. The van der Waals surface area contributed by atoms with Gasteiger partial charge in [0.05, 0.1) is 12.8 Å². The van der Waals surface area contributed by atoms with Gasteiger partial charge in [0.2, 0.25) is 5.43 Å².